The van der Waals surface area contributed by atoms with E-state index in [4.69, 9.17) is 15.8 Å². The van der Waals surface area contributed by atoms with Gasteiger partial charge in [0.2, 0.25) is 7.38 Å². The van der Waals surface area contributed by atoms with Crippen LogP contribution in [0, 0.1) is 13.8 Å². The quantitative estimate of drug-likeness (QED) is 0.257. The highest BCUT2D eigenvalue weighted by molar-refractivity contribution is 7.40. The second-order valence-electron chi connectivity index (χ2n) is 11.1. The molecule has 0 amide bonds. The molecule has 0 fully saturated rings. The van der Waals surface area contributed by atoms with Crippen LogP contribution in [0.1, 0.15) is 63.8 Å². The highest BCUT2D eigenvalue weighted by atomic mass is 35.6. The lowest BCUT2D eigenvalue weighted by molar-refractivity contribution is 0.415. The van der Waals surface area contributed by atoms with Gasteiger partial charge in [0.05, 0.1) is 7.11 Å². The first-order valence-corrected chi connectivity index (χ1v) is 14.3. The molecule has 1 nitrogen and oxygen atoms in total. The predicted molar refractivity (Wildman–Crippen MR) is 143 cm³/mol. The maximum atomic E-state index is 7.92. The van der Waals surface area contributed by atoms with E-state index in [0.717, 1.165) is 10.9 Å². The summed E-state index contributed by atoms with van der Waals surface area (Å²) in [5.74, 6) is 0.840. The fourth-order valence-electron chi connectivity index (χ4n) is 4.20. The zero-order valence-electron chi connectivity index (χ0n) is 21.1. The van der Waals surface area contributed by atoms with Crippen molar-refractivity contribution in [3.63, 3.8) is 0 Å². The van der Waals surface area contributed by atoms with Gasteiger partial charge in [0, 0.05) is 0 Å². The Balaban J connectivity index is 2.43. The highest BCUT2D eigenvalue weighted by Gasteiger charge is 2.40. The fraction of sp³-hybridized carbons (Fsp3) is 0.379. The summed E-state index contributed by atoms with van der Waals surface area (Å²) in [4.78, 5) is 0. The number of benzene rings is 3. The maximum Gasteiger partial charge on any atom is 0.248 e. The zero-order chi connectivity index (χ0) is 23.9. The summed E-state index contributed by atoms with van der Waals surface area (Å²) in [5, 5.41) is 3.60. The molecule has 0 heterocycles. The molecule has 0 spiro atoms. The van der Waals surface area contributed by atoms with Gasteiger partial charge in [-0.05, 0) is 63.5 Å². The normalized spacial score (nSPS) is 14.2. The predicted octanol–water partition coefficient (Wildman–Crippen LogP) is 6.11. The molecule has 0 radical (unpaired) electrons. The van der Waals surface area contributed by atoms with E-state index in [1.54, 1.807) is 7.11 Å². The summed E-state index contributed by atoms with van der Waals surface area (Å²) in [6.07, 6.45) is 0. The Morgan fingerprint density at radius 2 is 1.16 bits per heavy atom. The van der Waals surface area contributed by atoms with Crippen molar-refractivity contribution in [1.29, 1.82) is 0 Å². The van der Waals surface area contributed by atoms with E-state index in [0.29, 0.717) is 0 Å². The highest BCUT2D eigenvalue weighted by Crippen LogP contribution is 2.30. The summed E-state index contributed by atoms with van der Waals surface area (Å²) < 4.78 is 5.59. The van der Waals surface area contributed by atoms with E-state index in [2.05, 4.69) is 110 Å². The van der Waals surface area contributed by atoms with Crippen LogP contribution >= 0.6 is 11.1 Å². The number of rotatable bonds is 4. The molecule has 0 aliphatic carbocycles. The Kier molecular flexibility index (Phi) is 6.71. The first-order chi connectivity index (χ1) is 14.7. The van der Waals surface area contributed by atoms with Gasteiger partial charge in [-0.3, -0.25) is 0 Å². The van der Waals surface area contributed by atoms with Gasteiger partial charge < -0.3 is 4.74 Å². The first-order valence-electron chi connectivity index (χ1n) is 11.3. The molecule has 0 aromatic heterocycles. The molecule has 3 heteroatoms. The molecule has 1 unspecified atom stereocenters. The minimum absolute atomic E-state index is 0.0269. The molecular formula is C29H37ClOSi. The van der Waals surface area contributed by atoms with Gasteiger partial charge in [0.1, 0.15) is 5.75 Å². The fourth-order valence-corrected chi connectivity index (χ4v) is 8.44. The summed E-state index contributed by atoms with van der Waals surface area (Å²) >= 11 is 7.92. The van der Waals surface area contributed by atoms with Crippen LogP contribution in [0.25, 0.3) is 0 Å². The van der Waals surface area contributed by atoms with E-state index >= 15 is 0 Å². The number of hydrogen-bond acceptors (Lipinski definition) is 1. The van der Waals surface area contributed by atoms with Gasteiger partial charge in [0.25, 0.3) is 0 Å². The minimum Gasteiger partial charge on any atom is -0.497 e. The largest absolute Gasteiger partial charge is 0.497 e. The third kappa shape index (κ3) is 4.97. The Bertz CT molecular complexity index is 1070. The SMILES string of the molecule is COc1cccc([Si](Cl)(c2cc(C)cc(C)c2)c2cc(C(C)(C)C)cc(C(C)(C)C)c2)c1. The molecule has 32 heavy (non-hydrogen) atoms. The van der Waals surface area contributed by atoms with Crippen LogP contribution in [-0.2, 0) is 10.8 Å². The van der Waals surface area contributed by atoms with Crippen LogP contribution in [0.15, 0.2) is 60.7 Å². The van der Waals surface area contributed by atoms with Crippen molar-refractivity contribution in [2.75, 3.05) is 7.11 Å². The summed E-state index contributed by atoms with van der Waals surface area (Å²) in [6.45, 7) is 18.0. The van der Waals surface area contributed by atoms with Crippen molar-refractivity contribution in [3.05, 3.63) is 82.9 Å². The Labute approximate surface area is 200 Å². The van der Waals surface area contributed by atoms with Crippen molar-refractivity contribution < 1.29 is 4.74 Å². The molecule has 3 aromatic rings. The maximum absolute atomic E-state index is 7.92. The summed E-state index contributed by atoms with van der Waals surface area (Å²) in [5.41, 5.74) is 5.18. The topological polar surface area (TPSA) is 9.23 Å². The Hall–Kier alpha value is -2.03. The lowest BCUT2D eigenvalue weighted by atomic mass is 9.81. The number of ether oxygens (including phenoxy) is 1. The Morgan fingerprint density at radius 3 is 1.62 bits per heavy atom. The van der Waals surface area contributed by atoms with E-state index in [1.165, 1.54) is 32.6 Å². The van der Waals surface area contributed by atoms with E-state index in [-0.39, 0.29) is 10.8 Å². The lowest BCUT2D eigenvalue weighted by Gasteiger charge is -2.32. The number of aryl methyl sites for hydroxylation is 2. The molecule has 0 aliphatic rings. The van der Waals surface area contributed by atoms with Gasteiger partial charge in [-0.15, -0.1) is 11.1 Å². The van der Waals surface area contributed by atoms with E-state index in [1.807, 2.05) is 6.07 Å². The summed E-state index contributed by atoms with van der Waals surface area (Å²) in [6, 6.07) is 22.2. The molecule has 0 aliphatic heterocycles. The van der Waals surface area contributed by atoms with Crippen LogP contribution in [0.5, 0.6) is 5.75 Å². The molecule has 0 bridgehead atoms. The van der Waals surface area contributed by atoms with Crippen LogP contribution in [0.4, 0.5) is 0 Å². The van der Waals surface area contributed by atoms with Crippen LogP contribution in [-0.4, -0.2) is 14.5 Å². The molecular weight excluding hydrogens is 428 g/mol. The number of hydrogen-bond donors (Lipinski definition) is 0. The van der Waals surface area contributed by atoms with Gasteiger partial charge in [-0.1, -0.05) is 101 Å². The second kappa shape index (κ2) is 8.72. The van der Waals surface area contributed by atoms with E-state index < -0.39 is 7.38 Å². The Morgan fingerprint density at radius 1 is 0.656 bits per heavy atom. The second-order valence-corrected chi connectivity index (χ2v) is 15.8. The smallest absolute Gasteiger partial charge is 0.248 e. The molecule has 0 N–H and O–H groups in total. The van der Waals surface area contributed by atoms with Gasteiger partial charge in [0.15, 0.2) is 0 Å². The van der Waals surface area contributed by atoms with Crippen molar-refractivity contribution in [2.24, 2.45) is 0 Å². The van der Waals surface area contributed by atoms with Gasteiger partial charge >= 0.3 is 0 Å². The van der Waals surface area contributed by atoms with Crippen molar-refractivity contribution in [2.45, 2.75) is 66.2 Å². The lowest BCUT2D eigenvalue weighted by Crippen LogP contribution is -2.63. The first kappa shape index (κ1) is 24.6. The molecule has 0 saturated carbocycles. The number of methoxy groups -OCH3 is 1. The summed E-state index contributed by atoms with van der Waals surface area (Å²) in [7, 11) is -1.10. The molecule has 170 valence electrons. The zero-order valence-corrected chi connectivity index (χ0v) is 22.8. The van der Waals surface area contributed by atoms with Crippen LogP contribution in [0.2, 0.25) is 0 Å². The van der Waals surface area contributed by atoms with Crippen LogP contribution < -0.4 is 20.3 Å². The minimum atomic E-state index is -2.82. The monoisotopic (exact) mass is 464 g/mol. The molecule has 0 saturated heterocycles. The molecule has 3 aromatic carbocycles. The van der Waals surface area contributed by atoms with Crippen molar-refractivity contribution >= 4 is 34.0 Å². The van der Waals surface area contributed by atoms with Crippen molar-refractivity contribution in [3.8, 4) is 5.75 Å². The standard InChI is InChI=1S/C29H37ClOSi/c1-20-13-21(2)15-26(14-20)32(30,25-12-10-11-24(19-25)31-9)27-17-22(28(3,4)5)16-23(18-27)29(6,7)8/h10-19H,1-9H3. The number of halogens is 1. The third-order valence-corrected chi connectivity index (χ3v) is 11.4. The van der Waals surface area contributed by atoms with E-state index in [9.17, 15) is 0 Å². The van der Waals surface area contributed by atoms with Crippen molar-refractivity contribution in [1.82, 2.24) is 0 Å². The molecule has 3 rings (SSSR count). The third-order valence-electron chi connectivity index (χ3n) is 6.15. The van der Waals surface area contributed by atoms with Gasteiger partial charge in [-0.25, -0.2) is 0 Å². The molecule has 1 atom stereocenters. The van der Waals surface area contributed by atoms with Crippen LogP contribution in [0.3, 0.4) is 0 Å². The average molecular weight is 465 g/mol. The average Bonchev–Trinajstić information content (AvgIpc) is 2.70. The van der Waals surface area contributed by atoms with Gasteiger partial charge in [-0.2, -0.15) is 0 Å².